The van der Waals surface area contributed by atoms with Crippen molar-refractivity contribution in [3.05, 3.63) is 60.8 Å². The molecule has 3 heteroatoms. The Morgan fingerprint density at radius 3 is 2.39 bits per heavy atom. The maximum atomic E-state index is 10.3. The molecule has 3 nitrogen and oxygen atoms in total. The van der Waals surface area contributed by atoms with Gasteiger partial charge in [0.2, 0.25) is 0 Å². The molecule has 23 heavy (non-hydrogen) atoms. The smallest absolute Gasteiger partial charge is 0.303 e. The zero-order valence-corrected chi connectivity index (χ0v) is 14.1. The molecule has 0 aliphatic heterocycles. The fourth-order valence-electron chi connectivity index (χ4n) is 1.77. The van der Waals surface area contributed by atoms with E-state index in [-0.39, 0.29) is 6.42 Å². The number of aliphatic hydroxyl groups is 1. The van der Waals surface area contributed by atoms with Crippen LogP contribution in [0.15, 0.2) is 60.8 Å². The van der Waals surface area contributed by atoms with Crippen molar-refractivity contribution in [3.63, 3.8) is 0 Å². The molecule has 0 radical (unpaired) electrons. The first-order chi connectivity index (χ1) is 11.2. The standard InChI is InChI=1S/C20H30O3/c1-2-3-4-5-7-10-13-16-19(21)17-14-11-8-6-9-12-15-18-20(22)23/h3-4,6-7,9-11,13-14,16,19,21H,2,5,8,12,15,17-18H2,1H3,(H,22,23)/b4-3+,9-6-,10-7+,14-11+,16-13+/t19-/m0/s1. The van der Waals surface area contributed by atoms with Crippen LogP contribution in [0.4, 0.5) is 0 Å². The Hall–Kier alpha value is -1.87. The Bertz CT molecular complexity index is 428. The van der Waals surface area contributed by atoms with E-state index in [9.17, 15) is 9.90 Å². The van der Waals surface area contributed by atoms with Crippen LogP contribution in [-0.4, -0.2) is 22.3 Å². The van der Waals surface area contributed by atoms with Crippen LogP contribution in [0.25, 0.3) is 0 Å². The summed E-state index contributed by atoms with van der Waals surface area (Å²) >= 11 is 0. The minimum absolute atomic E-state index is 0.224. The lowest BCUT2D eigenvalue weighted by Gasteiger charge is -1.98. The molecule has 0 unspecified atom stereocenters. The molecule has 0 saturated heterocycles. The van der Waals surface area contributed by atoms with Gasteiger partial charge in [0.05, 0.1) is 6.10 Å². The van der Waals surface area contributed by atoms with Crippen molar-refractivity contribution < 1.29 is 15.0 Å². The Balaban J connectivity index is 3.67. The third-order valence-corrected chi connectivity index (χ3v) is 3.00. The number of unbranched alkanes of at least 4 members (excludes halogenated alkanes) is 1. The SMILES string of the molecule is CC/C=C/C/C=C/C=C/[C@H](O)C/C=C/C/C=C\CCCC(=O)O. The van der Waals surface area contributed by atoms with Crippen molar-refractivity contribution in [1.82, 2.24) is 0 Å². The van der Waals surface area contributed by atoms with Crippen LogP contribution in [-0.2, 0) is 4.79 Å². The fraction of sp³-hybridized carbons (Fsp3) is 0.450. The van der Waals surface area contributed by atoms with Crippen LogP contribution in [0.1, 0.15) is 51.9 Å². The lowest BCUT2D eigenvalue weighted by molar-refractivity contribution is -0.137. The largest absolute Gasteiger partial charge is 0.481 e. The Morgan fingerprint density at radius 2 is 1.65 bits per heavy atom. The van der Waals surface area contributed by atoms with E-state index in [4.69, 9.17) is 5.11 Å². The number of carbonyl (C=O) groups is 1. The number of allylic oxidation sites excluding steroid dienone is 8. The molecule has 0 heterocycles. The molecule has 0 bridgehead atoms. The van der Waals surface area contributed by atoms with Crippen LogP contribution < -0.4 is 0 Å². The summed E-state index contributed by atoms with van der Waals surface area (Å²) in [7, 11) is 0. The summed E-state index contributed by atoms with van der Waals surface area (Å²) in [5.74, 6) is -0.743. The fourth-order valence-corrected chi connectivity index (χ4v) is 1.77. The van der Waals surface area contributed by atoms with Gasteiger partial charge in [0.1, 0.15) is 0 Å². The summed E-state index contributed by atoms with van der Waals surface area (Å²) in [6.45, 7) is 2.11. The van der Waals surface area contributed by atoms with Gasteiger partial charge in [0.15, 0.2) is 0 Å². The number of hydrogen-bond acceptors (Lipinski definition) is 2. The molecule has 0 fully saturated rings. The normalized spacial score (nSPS) is 14.2. The first kappa shape index (κ1) is 21.1. The minimum Gasteiger partial charge on any atom is -0.481 e. The predicted octanol–water partition coefficient (Wildman–Crippen LogP) is 4.96. The molecule has 128 valence electrons. The highest BCUT2D eigenvalue weighted by Gasteiger charge is 1.93. The van der Waals surface area contributed by atoms with E-state index in [0.29, 0.717) is 12.8 Å². The second-order valence-corrected chi connectivity index (χ2v) is 5.20. The maximum Gasteiger partial charge on any atom is 0.303 e. The molecular formula is C20H30O3. The van der Waals surface area contributed by atoms with Crippen LogP contribution >= 0.6 is 0 Å². The van der Waals surface area contributed by atoms with Crippen molar-refractivity contribution in [3.8, 4) is 0 Å². The quantitative estimate of drug-likeness (QED) is 0.286. The van der Waals surface area contributed by atoms with Gasteiger partial charge >= 0.3 is 5.97 Å². The van der Waals surface area contributed by atoms with Crippen molar-refractivity contribution in [1.29, 1.82) is 0 Å². The average molecular weight is 318 g/mol. The lowest BCUT2D eigenvalue weighted by Crippen LogP contribution is -1.98. The average Bonchev–Trinajstić information content (AvgIpc) is 2.52. The number of rotatable bonds is 13. The van der Waals surface area contributed by atoms with Gasteiger partial charge in [-0.2, -0.15) is 0 Å². The van der Waals surface area contributed by atoms with Gasteiger partial charge < -0.3 is 10.2 Å². The molecule has 1 atom stereocenters. The summed E-state index contributed by atoms with van der Waals surface area (Å²) in [5.41, 5.74) is 0. The van der Waals surface area contributed by atoms with Crippen molar-refractivity contribution >= 4 is 5.97 Å². The summed E-state index contributed by atoms with van der Waals surface area (Å²) in [4.78, 5) is 10.3. The highest BCUT2D eigenvalue weighted by molar-refractivity contribution is 5.66. The van der Waals surface area contributed by atoms with E-state index in [2.05, 4.69) is 25.2 Å². The number of carboxylic acids is 1. The molecule has 2 N–H and O–H groups in total. The maximum absolute atomic E-state index is 10.3. The Labute approximate surface area is 140 Å². The topological polar surface area (TPSA) is 57.5 Å². The number of hydrogen-bond donors (Lipinski definition) is 2. The third kappa shape index (κ3) is 18.1. The van der Waals surface area contributed by atoms with E-state index in [1.54, 1.807) is 6.08 Å². The molecule has 0 amide bonds. The van der Waals surface area contributed by atoms with Gasteiger partial charge in [0, 0.05) is 6.42 Å². The molecule has 0 rings (SSSR count). The zero-order chi connectivity index (χ0) is 17.2. The molecule has 0 aliphatic carbocycles. The van der Waals surface area contributed by atoms with E-state index < -0.39 is 12.1 Å². The van der Waals surface area contributed by atoms with Gasteiger partial charge in [-0.3, -0.25) is 4.79 Å². The minimum atomic E-state index is -0.743. The summed E-state index contributed by atoms with van der Waals surface area (Å²) < 4.78 is 0. The highest BCUT2D eigenvalue weighted by Crippen LogP contribution is 2.00. The van der Waals surface area contributed by atoms with E-state index in [0.717, 1.165) is 25.7 Å². The first-order valence-corrected chi connectivity index (χ1v) is 8.35. The summed E-state index contributed by atoms with van der Waals surface area (Å²) in [6.07, 6.45) is 24.6. The van der Waals surface area contributed by atoms with Crippen LogP contribution in [0.2, 0.25) is 0 Å². The monoisotopic (exact) mass is 318 g/mol. The highest BCUT2D eigenvalue weighted by atomic mass is 16.4. The second kappa shape index (κ2) is 16.5. The summed E-state index contributed by atoms with van der Waals surface area (Å²) in [5, 5.41) is 18.2. The van der Waals surface area contributed by atoms with E-state index in [1.165, 1.54) is 0 Å². The predicted molar refractivity (Wildman–Crippen MR) is 97.3 cm³/mol. The third-order valence-electron chi connectivity index (χ3n) is 3.00. The van der Waals surface area contributed by atoms with Gasteiger partial charge in [-0.25, -0.2) is 0 Å². The van der Waals surface area contributed by atoms with Crippen LogP contribution in [0.3, 0.4) is 0 Å². The van der Waals surface area contributed by atoms with Gasteiger partial charge in [-0.1, -0.05) is 67.7 Å². The molecular weight excluding hydrogens is 288 g/mol. The zero-order valence-electron chi connectivity index (χ0n) is 14.1. The van der Waals surface area contributed by atoms with E-state index in [1.807, 2.05) is 36.5 Å². The van der Waals surface area contributed by atoms with Crippen molar-refractivity contribution in [2.24, 2.45) is 0 Å². The Morgan fingerprint density at radius 1 is 0.957 bits per heavy atom. The van der Waals surface area contributed by atoms with E-state index >= 15 is 0 Å². The number of aliphatic hydroxyl groups excluding tert-OH is 1. The molecule has 0 spiro atoms. The Kier molecular flexibility index (Phi) is 15.2. The van der Waals surface area contributed by atoms with Crippen molar-refractivity contribution in [2.75, 3.05) is 0 Å². The molecule has 0 aromatic rings. The van der Waals surface area contributed by atoms with Crippen LogP contribution in [0.5, 0.6) is 0 Å². The summed E-state index contributed by atoms with van der Waals surface area (Å²) in [6, 6.07) is 0. The van der Waals surface area contributed by atoms with Gasteiger partial charge in [-0.15, -0.1) is 0 Å². The molecule has 0 aromatic carbocycles. The molecule has 0 aromatic heterocycles. The number of aliphatic carboxylic acids is 1. The van der Waals surface area contributed by atoms with Gasteiger partial charge in [-0.05, 0) is 38.5 Å². The molecule has 0 saturated carbocycles. The van der Waals surface area contributed by atoms with Crippen LogP contribution in [0, 0.1) is 0 Å². The van der Waals surface area contributed by atoms with Gasteiger partial charge in [0.25, 0.3) is 0 Å². The lowest BCUT2D eigenvalue weighted by atomic mass is 10.2. The molecule has 0 aliphatic rings. The second-order valence-electron chi connectivity index (χ2n) is 5.20. The number of carboxylic acid groups (broad SMARTS) is 1. The van der Waals surface area contributed by atoms with Crippen molar-refractivity contribution in [2.45, 2.75) is 58.0 Å². The first-order valence-electron chi connectivity index (χ1n) is 8.35.